The van der Waals surface area contributed by atoms with Crippen LogP contribution < -0.4 is 4.90 Å². The number of para-hydroxylation sites is 1. The number of nitrogens with zero attached hydrogens (tertiary/aromatic N) is 2. The minimum Gasteiger partial charge on any atom is -0.448 e. The van der Waals surface area contributed by atoms with Crippen LogP contribution in [-0.4, -0.2) is 28.9 Å². The molecule has 0 radical (unpaired) electrons. The average Bonchev–Trinajstić information content (AvgIpc) is 3.18. The Bertz CT molecular complexity index is 847. The number of carbonyl (C=O) groups excluding carboxylic acids is 2. The molecule has 0 spiro atoms. The Morgan fingerprint density at radius 3 is 2.72 bits per heavy atom. The summed E-state index contributed by atoms with van der Waals surface area (Å²) < 4.78 is 5.22. The fourth-order valence-electron chi connectivity index (χ4n) is 2.90. The Balaban J connectivity index is 1.72. The van der Waals surface area contributed by atoms with Crippen molar-refractivity contribution in [2.75, 3.05) is 4.90 Å². The number of rotatable bonds is 4. The number of anilines is 1. The van der Waals surface area contributed by atoms with Crippen molar-refractivity contribution in [3.8, 4) is 0 Å². The van der Waals surface area contributed by atoms with Crippen molar-refractivity contribution in [1.29, 1.82) is 0 Å². The summed E-state index contributed by atoms with van der Waals surface area (Å²) in [6.45, 7) is 3.45. The first-order chi connectivity index (χ1) is 11.9. The molecule has 1 aliphatic rings. The molecule has 2 heterocycles. The summed E-state index contributed by atoms with van der Waals surface area (Å²) in [5.74, 6) is -1.05. The molecule has 2 aromatic rings. The average molecular weight is 360 g/mol. The quantitative estimate of drug-likeness (QED) is 0.474. The van der Waals surface area contributed by atoms with Gasteiger partial charge in [0.25, 0.3) is 5.91 Å². The van der Waals surface area contributed by atoms with Crippen molar-refractivity contribution in [2.45, 2.75) is 32.4 Å². The molecular formula is C17H16N2O5S. The van der Waals surface area contributed by atoms with E-state index in [0.717, 1.165) is 29.0 Å². The number of hydrogen-bond donors (Lipinski definition) is 0. The van der Waals surface area contributed by atoms with Crippen LogP contribution in [0.15, 0.2) is 36.4 Å². The molecule has 0 fully saturated rings. The van der Waals surface area contributed by atoms with Crippen LogP contribution in [-0.2, 0) is 16.0 Å². The van der Waals surface area contributed by atoms with Crippen LogP contribution in [0.25, 0.3) is 0 Å². The van der Waals surface area contributed by atoms with Crippen LogP contribution in [0.4, 0.5) is 10.7 Å². The van der Waals surface area contributed by atoms with E-state index in [9.17, 15) is 19.7 Å². The number of esters is 1. The number of nitro groups is 1. The third-order valence-electron chi connectivity index (χ3n) is 4.05. The number of fused-ring (bicyclic) bond motifs is 1. The van der Waals surface area contributed by atoms with E-state index in [2.05, 4.69) is 0 Å². The maximum Gasteiger partial charge on any atom is 0.349 e. The zero-order valence-electron chi connectivity index (χ0n) is 13.7. The van der Waals surface area contributed by atoms with E-state index in [1.807, 2.05) is 31.2 Å². The van der Waals surface area contributed by atoms with E-state index in [1.54, 1.807) is 4.90 Å². The van der Waals surface area contributed by atoms with Gasteiger partial charge in [-0.05, 0) is 38.0 Å². The number of benzene rings is 1. The van der Waals surface area contributed by atoms with E-state index in [4.69, 9.17) is 4.74 Å². The van der Waals surface area contributed by atoms with E-state index < -0.39 is 17.0 Å². The maximum atomic E-state index is 12.7. The number of carbonyl (C=O) groups is 2. The zero-order valence-corrected chi connectivity index (χ0v) is 14.5. The SMILES string of the molecule is C[C@H](OC(=O)c1ccc([N+](=O)[O-])s1)C(=O)N1c2ccccc2C[C@H]1C. The molecule has 0 bridgehead atoms. The molecule has 130 valence electrons. The van der Waals surface area contributed by atoms with Gasteiger partial charge in [0.1, 0.15) is 4.88 Å². The normalized spacial score (nSPS) is 17.0. The van der Waals surface area contributed by atoms with Gasteiger partial charge in [-0.15, -0.1) is 0 Å². The van der Waals surface area contributed by atoms with Crippen LogP contribution >= 0.6 is 11.3 Å². The highest BCUT2D eigenvalue weighted by molar-refractivity contribution is 7.17. The molecule has 8 heteroatoms. The number of amides is 1. The van der Waals surface area contributed by atoms with E-state index in [0.29, 0.717) is 0 Å². The predicted octanol–water partition coefficient (Wildman–Crippen LogP) is 3.18. The Morgan fingerprint density at radius 2 is 2.04 bits per heavy atom. The minimum absolute atomic E-state index is 0.0196. The van der Waals surface area contributed by atoms with Crippen LogP contribution in [0.1, 0.15) is 29.1 Å². The lowest BCUT2D eigenvalue weighted by Gasteiger charge is -2.25. The highest BCUT2D eigenvalue weighted by atomic mass is 32.1. The van der Waals surface area contributed by atoms with Crippen molar-refractivity contribution in [3.05, 3.63) is 57.0 Å². The molecule has 7 nitrogen and oxygen atoms in total. The van der Waals surface area contributed by atoms with Gasteiger partial charge >= 0.3 is 11.0 Å². The summed E-state index contributed by atoms with van der Waals surface area (Å²) in [5.41, 5.74) is 1.91. The van der Waals surface area contributed by atoms with Crippen LogP contribution in [0.2, 0.25) is 0 Å². The van der Waals surface area contributed by atoms with E-state index in [1.165, 1.54) is 19.1 Å². The second kappa shape index (κ2) is 6.64. The first kappa shape index (κ1) is 17.1. The van der Waals surface area contributed by atoms with Gasteiger partial charge in [-0.1, -0.05) is 29.5 Å². The summed E-state index contributed by atoms with van der Waals surface area (Å²) in [6.07, 6.45) is -0.234. The van der Waals surface area contributed by atoms with Crippen molar-refractivity contribution >= 4 is 33.9 Å². The van der Waals surface area contributed by atoms with Crippen molar-refractivity contribution in [1.82, 2.24) is 0 Å². The number of thiophene rings is 1. The van der Waals surface area contributed by atoms with Gasteiger partial charge in [-0.3, -0.25) is 14.9 Å². The van der Waals surface area contributed by atoms with Gasteiger partial charge in [-0.2, -0.15) is 0 Å². The second-order valence-electron chi connectivity index (χ2n) is 5.83. The third-order valence-corrected chi connectivity index (χ3v) is 5.07. The fraction of sp³-hybridized carbons (Fsp3) is 0.294. The zero-order chi connectivity index (χ0) is 18.1. The van der Waals surface area contributed by atoms with Crippen molar-refractivity contribution in [3.63, 3.8) is 0 Å². The Hall–Kier alpha value is -2.74. The number of ether oxygens (including phenoxy) is 1. The molecule has 0 unspecified atom stereocenters. The Morgan fingerprint density at radius 1 is 1.32 bits per heavy atom. The molecule has 0 saturated carbocycles. The van der Waals surface area contributed by atoms with Gasteiger partial charge in [0.2, 0.25) is 0 Å². The molecule has 0 N–H and O–H groups in total. The van der Waals surface area contributed by atoms with Crippen LogP contribution in [0, 0.1) is 10.1 Å². The molecule has 2 atom stereocenters. The Kier molecular flexibility index (Phi) is 4.54. The van der Waals surface area contributed by atoms with Crippen LogP contribution in [0.3, 0.4) is 0 Å². The van der Waals surface area contributed by atoms with E-state index in [-0.39, 0.29) is 21.8 Å². The fourth-order valence-corrected chi connectivity index (χ4v) is 3.61. The van der Waals surface area contributed by atoms with Crippen molar-refractivity contribution < 1.29 is 19.2 Å². The summed E-state index contributed by atoms with van der Waals surface area (Å²) >= 11 is 0.726. The summed E-state index contributed by atoms with van der Waals surface area (Å²) in [7, 11) is 0. The van der Waals surface area contributed by atoms with Gasteiger partial charge < -0.3 is 9.64 Å². The largest absolute Gasteiger partial charge is 0.448 e. The van der Waals surface area contributed by atoms with Crippen molar-refractivity contribution in [2.24, 2.45) is 0 Å². The standard InChI is InChI=1S/C17H16N2O5S/c1-10-9-12-5-3-4-6-13(12)18(10)16(20)11(2)24-17(21)14-7-8-15(25-14)19(22)23/h3-8,10-11H,9H2,1-2H3/t10-,11+/m1/s1. The molecule has 1 aromatic carbocycles. The first-order valence-electron chi connectivity index (χ1n) is 7.74. The summed E-state index contributed by atoms with van der Waals surface area (Å²) in [6, 6.07) is 10.2. The maximum absolute atomic E-state index is 12.7. The molecule has 1 amide bonds. The highest BCUT2D eigenvalue weighted by Gasteiger charge is 2.34. The molecule has 25 heavy (non-hydrogen) atoms. The van der Waals surface area contributed by atoms with Gasteiger partial charge in [0.15, 0.2) is 6.10 Å². The van der Waals surface area contributed by atoms with Gasteiger partial charge in [0, 0.05) is 17.8 Å². The molecule has 1 aliphatic heterocycles. The number of hydrogen-bond acceptors (Lipinski definition) is 6. The summed E-state index contributed by atoms with van der Waals surface area (Å²) in [4.78, 5) is 36.7. The lowest BCUT2D eigenvalue weighted by Crippen LogP contribution is -2.43. The smallest absolute Gasteiger partial charge is 0.349 e. The molecule has 0 saturated heterocycles. The molecular weight excluding hydrogens is 344 g/mol. The highest BCUT2D eigenvalue weighted by Crippen LogP contribution is 2.32. The minimum atomic E-state index is -0.984. The lowest BCUT2D eigenvalue weighted by atomic mass is 10.1. The van der Waals surface area contributed by atoms with Crippen LogP contribution in [0.5, 0.6) is 0 Å². The second-order valence-corrected chi connectivity index (χ2v) is 6.89. The first-order valence-corrected chi connectivity index (χ1v) is 8.56. The topological polar surface area (TPSA) is 89.7 Å². The van der Waals surface area contributed by atoms with Gasteiger partial charge in [-0.25, -0.2) is 4.79 Å². The lowest BCUT2D eigenvalue weighted by molar-refractivity contribution is -0.380. The molecule has 1 aromatic heterocycles. The molecule has 0 aliphatic carbocycles. The molecule has 3 rings (SSSR count). The van der Waals surface area contributed by atoms with E-state index >= 15 is 0 Å². The predicted molar refractivity (Wildman–Crippen MR) is 92.9 cm³/mol. The Labute approximate surface area is 148 Å². The summed E-state index contributed by atoms with van der Waals surface area (Å²) in [5, 5.41) is 10.6. The monoisotopic (exact) mass is 360 g/mol. The third kappa shape index (κ3) is 3.25. The van der Waals surface area contributed by atoms with Gasteiger partial charge in [0.05, 0.1) is 4.92 Å².